The van der Waals surface area contributed by atoms with Crippen molar-refractivity contribution in [3.05, 3.63) is 28.0 Å². The first kappa shape index (κ1) is 16.2. The number of aryl methyl sites for hydroxylation is 1. The molecular formula is C14H13BrF3N3O2. The van der Waals surface area contributed by atoms with Gasteiger partial charge in [0, 0.05) is 10.7 Å². The quantitative estimate of drug-likeness (QED) is 0.829. The van der Waals surface area contributed by atoms with E-state index in [2.05, 4.69) is 26.2 Å². The highest BCUT2D eigenvalue weighted by Gasteiger charge is 2.55. The highest BCUT2D eigenvalue weighted by atomic mass is 79.9. The van der Waals surface area contributed by atoms with Gasteiger partial charge in [0.05, 0.1) is 11.7 Å². The van der Waals surface area contributed by atoms with Gasteiger partial charge in [-0.25, -0.2) is 0 Å². The molecule has 0 spiro atoms. The predicted octanol–water partition coefficient (Wildman–Crippen LogP) is 2.16. The molecule has 124 valence electrons. The molecule has 1 unspecified atom stereocenters. The topological polar surface area (TPSA) is 71.1 Å². The molecule has 2 N–H and O–H groups in total. The number of carbonyl (C=O) groups is 2. The lowest BCUT2D eigenvalue weighted by atomic mass is 10.1. The Balaban J connectivity index is 1.68. The molecule has 0 radical (unpaired) electrons. The molecule has 2 amide bonds. The van der Waals surface area contributed by atoms with Crippen molar-refractivity contribution in [2.75, 3.05) is 0 Å². The Morgan fingerprint density at radius 2 is 2.04 bits per heavy atom. The summed E-state index contributed by atoms with van der Waals surface area (Å²) in [5.74, 6) is -2.67. The number of rotatable bonds is 3. The summed E-state index contributed by atoms with van der Waals surface area (Å²) >= 11 is 3.32. The third-order valence-electron chi connectivity index (χ3n) is 4.10. The smallest absolute Gasteiger partial charge is 0.346 e. The van der Waals surface area contributed by atoms with E-state index in [1.807, 2.05) is 11.4 Å². The van der Waals surface area contributed by atoms with Gasteiger partial charge in [0.25, 0.3) is 0 Å². The van der Waals surface area contributed by atoms with Crippen LogP contribution in [0.15, 0.2) is 16.7 Å². The molecule has 0 aliphatic heterocycles. The minimum atomic E-state index is -5.00. The Labute approximate surface area is 138 Å². The van der Waals surface area contributed by atoms with Crippen LogP contribution in [0.25, 0.3) is 0 Å². The summed E-state index contributed by atoms with van der Waals surface area (Å²) in [5, 5.41) is 4.53. The molecule has 1 atom stereocenters. The van der Waals surface area contributed by atoms with E-state index < -0.39 is 23.5 Å². The van der Waals surface area contributed by atoms with Crippen molar-refractivity contribution >= 4 is 27.7 Å². The summed E-state index contributed by atoms with van der Waals surface area (Å²) in [6.07, 6.45) is -1.62. The first-order valence-electron chi connectivity index (χ1n) is 7.06. The van der Waals surface area contributed by atoms with Gasteiger partial charge in [0.2, 0.25) is 5.91 Å². The third kappa shape index (κ3) is 3.19. The first-order chi connectivity index (χ1) is 10.7. The number of aromatic nitrogens is 1. The van der Waals surface area contributed by atoms with Crippen LogP contribution >= 0.6 is 15.9 Å². The molecule has 23 heavy (non-hydrogen) atoms. The van der Waals surface area contributed by atoms with Gasteiger partial charge in [-0.05, 0) is 53.2 Å². The molecule has 1 saturated carbocycles. The van der Waals surface area contributed by atoms with E-state index in [0.29, 0.717) is 6.42 Å². The number of nitrogens with one attached hydrogen (secondary N) is 2. The van der Waals surface area contributed by atoms with Gasteiger partial charge >= 0.3 is 12.1 Å². The number of hydrogen-bond donors (Lipinski definition) is 2. The summed E-state index contributed by atoms with van der Waals surface area (Å²) in [6, 6.07) is 1.57. The molecule has 9 heteroatoms. The monoisotopic (exact) mass is 391 g/mol. The fourth-order valence-electron chi connectivity index (χ4n) is 2.70. The maximum Gasteiger partial charge on any atom is 0.471 e. The zero-order valence-corrected chi connectivity index (χ0v) is 13.4. The zero-order chi connectivity index (χ0) is 16.8. The van der Waals surface area contributed by atoms with Crippen molar-refractivity contribution in [1.82, 2.24) is 15.6 Å². The Bertz CT molecular complexity index is 674. The van der Waals surface area contributed by atoms with Crippen molar-refractivity contribution in [2.24, 2.45) is 0 Å². The maximum absolute atomic E-state index is 12.4. The van der Waals surface area contributed by atoms with Crippen LogP contribution in [-0.2, 0) is 16.0 Å². The summed E-state index contributed by atoms with van der Waals surface area (Å²) < 4.78 is 37.9. The standard InChI is InChI=1S/C14H13BrF3N3O2/c15-8-5-7-1-2-9(10(7)19-6-8)20-11(22)13(3-4-13)21-12(23)14(16,17)18/h5-6,9H,1-4H2,(H,20,22)(H,21,23). The number of fused-ring (bicyclic) bond motifs is 1. The summed E-state index contributed by atoms with van der Waals surface area (Å²) in [6.45, 7) is 0. The minimum Gasteiger partial charge on any atom is -0.346 e. The van der Waals surface area contributed by atoms with Crippen LogP contribution in [0.3, 0.4) is 0 Å². The Morgan fingerprint density at radius 3 is 2.65 bits per heavy atom. The number of carbonyl (C=O) groups excluding carboxylic acids is 2. The summed E-state index contributed by atoms with van der Waals surface area (Å²) in [5.41, 5.74) is 0.276. The first-order valence-corrected chi connectivity index (χ1v) is 7.85. The molecular weight excluding hydrogens is 379 g/mol. The van der Waals surface area contributed by atoms with Gasteiger partial charge in [0.15, 0.2) is 0 Å². The third-order valence-corrected chi connectivity index (χ3v) is 4.53. The van der Waals surface area contributed by atoms with E-state index in [4.69, 9.17) is 0 Å². The zero-order valence-electron chi connectivity index (χ0n) is 11.8. The van der Waals surface area contributed by atoms with Crippen LogP contribution < -0.4 is 10.6 Å². The molecule has 1 fully saturated rings. The molecule has 5 nitrogen and oxygen atoms in total. The lowest BCUT2D eigenvalue weighted by molar-refractivity contribution is -0.175. The highest BCUT2D eigenvalue weighted by Crippen LogP contribution is 2.38. The fourth-order valence-corrected chi connectivity index (χ4v) is 3.08. The SMILES string of the molecule is O=C(NC1(C(=O)NC2CCc3cc(Br)cnc32)CC1)C(F)(F)F. The van der Waals surface area contributed by atoms with Crippen LogP contribution in [0.4, 0.5) is 13.2 Å². The van der Waals surface area contributed by atoms with E-state index in [9.17, 15) is 22.8 Å². The van der Waals surface area contributed by atoms with E-state index in [1.54, 1.807) is 6.20 Å². The largest absolute Gasteiger partial charge is 0.471 e. The maximum atomic E-state index is 12.4. The van der Waals surface area contributed by atoms with Crippen LogP contribution in [-0.4, -0.2) is 28.5 Å². The molecule has 0 saturated heterocycles. The molecule has 1 aromatic rings. The average Bonchev–Trinajstić information content (AvgIpc) is 3.14. The lowest BCUT2D eigenvalue weighted by Crippen LogP contribution is -2.53. The van der Waals surface area contributed by atoms with E-state index in [0.717, 1.165) is 22.2 Å². The number of hydrogen-bond acceptors (Lipinski definition) is 3. The van der Waals surface area contributed by atoms with Gasteiger partial charge in [-0.1, -0.05) is 0 Å². The van der Waals surface area contributed by atoms with Crippen LogP contribution in [0.5, 0.6) is 0 Å². The van der Waals surface area contributed by atoms with Gasteiger partial charge in [0.1, 0.15) is 5.54 Å². The number of alkyl halides is 3. The van der Waals surface area contributed by atoms with Gasteiger partial charge in [-0.15, -0.1) is 0 Å². The fraction of sp³-hybridized carbons (Fsp3) is 0.500. The van der Waals surface area contributed by atoms with Crippen LogP contribution in [0.1, 0.15) is 36.6 Å². The average molecular weight is 392 g/mol. The second-order valence-corrected chi connectivity index (χ2v) is 6.71. The second-order valence-electron chi connectivity index (χ2n) is 5.80. The van der Waals surface area contributed by atoms with Gasteiger partial charge < -0.3 is 10.6 Å². The predicted molar refractivity (Wildman–Crippen MR) is 77.3 cm³/mol. The number of halogens is 4. The van der Waals surface area contributed by atoms with Crippen LogP contribution in [0.2, 0.25) is 0 Å². The molecule has 2 aliphatic carbocycles. The molecule has 3 rings (SSSR count). The molecule has 0 bridgehead atoms. The van der Waals surface area contributed by atoms with Crippen molar-refractivity contribution < 1.29 is 22.8 Å². The van der Waals surface area contributed by atoms with E-state index in [-0.39, 0.29) is 18.9 Å². The Morgan fingerprint density at radius 1 is 1.35 bits per heavy atom. The van der Waals surface area contributed by atoms with Crippen LogP contribution in [0, 0.1) is 0 Å². The Kier molecular flexibility index (Phi) is 3.86. The molecule has 1 heterocycles. The van der Waals surface area contributed by atoms with Crippen molar-refractivity contribution in [2.45, 2.75) is 43.4 Å². The lowest BCUT2D eigenvalue weighted by Gasteiger charge is -2.21. The van der Waals surface area contributed by atoms with Crippen molar-refractivity contribution in [1.29, 1.82) is 0 Å². The van der Waals surface area contributed by atoms with E-state index >= 15 is 0 Å². The molecule has 1 aromatic heterocycles. The number of amides is 2. The number of nitrogens with zero attached hydrogens (tertiary/aromatic N) is 1. The summed E-state index contributed by atoms with van der Waals surface area (Å²) in [4.78, 5) is 27.6. The highest BCUT2D eigenvalue weighted by molar-refractivity contribution is 9.10. The van der Waals surface area contributed by atoms with Gasteiger partial charge in [-0.3, -0.25) is 14.6 Å². The van der Waals surface area contributed by atoms with E-state index in [1.165, 1.54) is 0 Å². The van der Waals surface area contributed by atoms with Crippen molar-refractivity contribution in [3.63, 3.8) is 0 Å². The second kappa shape index (κ2) is 5.47. The van der Waals surface area contributed by atoms with Gasteiger partial charge in [-0.2, -0.15) is 13.2 Å². The molecule has 2 aliphatic rings. The minimum absolute atomic E-state index is 0.202. The summed E-state index contributed by atoms with van der Waals surface area (Å²) in [7, 11) is 0. The normalized spacial score (nSPS) is 21.5. The number of pyridine rings is 1. The Hall–Kier alpha value is -1.64. The molecule has 0 aromatic carbocycles. The van der Waals surface area contributed by atoms with Crippen molar-refractivity contribution in [3.8, 4) is 0 Å².